The Morgan fingerprint density at radius 1 is 1.22 bits per heavy atom. The first kappa shape index (κ1) is 19.6. The van der Waals surface area contributed by atoms with E-state index in [2.05, 4.69) is 15.1 Å². The number of hydrogen-bond acceptors (Lipinski definition) is 5. The number of carbonyl (C=O) groups is 1. The van der Waals surface area contributed by atoms with Crippen molar-refractivity contribution in [2.75, 3.05) is 6.26 Å². The minimum Gasteiger partial charge on any atom is -0.299 e. The van der Waals surface area contributed by atoms with Gasteiger partial charge in [-0.2, -0.15) is 16.9 Å². The highest BCUT2D eigenvalue weighted by molar-refractivity contribution is 7.98. The van der Waals surface area contributed by atoms with Crippen LogP contribution in [0, 0.1) is 0 Å². The van der Waals surface area contributed by atoms with Crippen LogP contribution in [-0.4, -0.2) is 31.8 Å². The van der Waals surface area contributed by atoms with Crippen molar-refractivity contribution < 1.29 is 4.79 Å². The van der Waals surface area contributed by atoms with Gasteiger partial charge in [0.05, 0.1) is 11.9 Å². The predicted octanol–water partition coefficient (Wildman–Crippen LogP) is 4.87. The molecule has 0 aliphatic heterocycles. The lowest BCUT2D eigenvalue weighted by atomic mass is 9.91. The maximum atomic E-state index is 13.1. The molecule has 3 aromatic rings. The molecular weight excluding hydrogens is 380 g/mol. The Labute approximate surface area is 168 Å². The van der Waals surface area contributed by atoms with Gasteiger partial charge in [0.1, 0.15) is 5.78 Å². The van der Waals surface area contributed by atoms with Crippen LogP contribution in [0.3, 0.4) is 0 Å². The molecule has 0 saturated heterocycles. The zero-order chi connectivity index (χ0) is 19.2. The number of Topliss-reactive ketones (excluding diaryl/α,β-unsaturated/α-hetero) is 1. The molecule has 0 aliphatic carbocycles. The molecule has 7 heteroatoms. The molecule has 0 amide bonds. The minimum absolute atomic E-state index is 0.0763. The van der Waals surface area contributed by atoms with Gasteiger partial charge in [-0.15, -0.1) is 0 Å². The van der Waals surface area contributed by atoms with Gasteiger partial charge in [-0.1, -0.05) is 24.6 Å². The quantitative estimate of drug-likeness (QED) is 0.539. The maximum absolute atomic E-state index is 13.1. The highest BCUT2D eigenvalue weighted by Crippen LogP contribution is 2.35. The molecule has 3 aromatic heterocycles. The molecular formula is C20H21ClN4OS. The molecule has 3 rings (SSSR count). The number of aromatic nitrogens is 4. The average Bonchev–Trinajstić information content (AvgIpc) is 3.09. The van der Waals surface area contributed by atoms with Crippen molar-refractivity contribution in [3.63, 3.8) is 0 Å². The van der Waals surface area contributed by atoms with E-state index in [1.54, 1.807) is 35.0 Å². The molecule has 0 saturated carbocycles. The van der Waals surface area contributed by atoms with Gasteiger partial charge < -0.3 is 0 Å². The van der Waals surface area contributed by atoms with E-state index in [0.717, 1.165) is 16.8 Å². The third-order valence-corrected chi connectivity index (χ3v) is 5.81. The summed E-state index contributed by atoms with van der Waals surface area (Å²) >= 11 is 8.04. The van der Waals surface area contributed by atoms with E-state index < -0.39 is 0 Å². The Morgan fingerprint density at radius 2 is 1.96 bits per heavy atom. The summed E-state index contributed by atoms with van der Waals surface area (Å²) < 4.78 is 1.67. The number of halogens is 1. The van der Waals surface area contributed by atoms with Gasteiger partial charge in [-0.05, 0) is 36.4 Å². The van der Waals surface area contributed by atoms with E-state index in [-0.39, 0.29) is 17.0 Å². The highest BCUT2D eigenvalue weighted by atomic mass is 35.5. The van der Waals surface area contributed by atoms with Crippen molar-refractivity contribution >= 4 is 29.1 Å². The predicted molar refractivity (Wildman–Crippen MR) is 110 cm³/mol. The zero-order valence-corrected chi connectivity index (χ0v) is 16.8. The Morgan fingerprint density at radius 3 is 2.56 bits per heavy atom. The summed E-state index contributed by atoms with van der Waals surface area (Å²) in [6.07, 6.45) is 11.9. The van der Waals surface area contributed by atoms with Crippen LogP contribution in [0.15, 0.2) is 55.2 Å². The molecule has 5 nitrogen and oxygen atoms in total. The van der Waals surface area contributed by atoms with Gasteiger partial charge in [0, 0.05) is 47.9 Å². The van der Waals surface area contributed by atoms with E-state index in [4.69, 9.17) is 11.6 Å². The van der Waals surface area contributed by atoms with Crippen molar-refractivity contribution in [3.8, 4) is 5.69 Å². The summed E-state index contributed by atoms with van der Waals surface area (Å²) in [6, 6.07) is 7.64. The second kappa shape index (κ2) is 9.15. The number of pyridine rings is 2. The first-order valence-electron chi connectivity index (χ1n) is 8.75. The molecule has 0 fully saturated rings. The van der Waals surface area contributed by atoms with Crippen LogP contribution in [-0.2, 0) is 4.79 Å². The highest BCUT2D eigenvalue weighted by Gasteiger charge is 2.26. The van der Waals surface area contributed by atoms with E-state index in [0.29, 0.717) is 18.0 Å². The fraction of sp³-hybridized carbons (Fsp3) is 0.300. The third kappa shape index (κ3) is 4.57. The lowest BCUT2D eigenvalue weighted by Gasteiger charge is -2.18. The monoisotopic (exact) mass is 400 g/mol. The summed E-state index contributed by atoms with van der Waals surface area (Å²) in [4.78, 5) is 21.3. The Kier molecular flexibility index (Phi) is 6.63. The first-order valence-corrected chi connectivity index (χ1v) is 10.4. The minimum atomic E-state index is -0.283. The SMILES string of the molecule is CCC(C(=O)CC(SC)c1cccnc1)c1cn(-c2cccnc2)nc1Cl. The number of carbonyl (C=O) groups excluding carboxylic acids is 1. The maximum Gasteiger partial charge on any atom is 0.155 e. The molecule has 0 N–H and O–H groups in total. The van der Waals surface area contributed by atoms with Gasteiger partial charge >= 0.3 is 0 Å². The molecule has 140 valence electrons. The molecule has 0 radical (unpaired) electrons. The summed E-state index contributed by atoms with van der Waals surface area (Å²) in [7, 11) is 0. The van der Waals surface area contributed by atoms with E-state index in [1.807, 2.05) is 49.8 Å². The Balaban J connectivity index is 1.82. The second-order valence-corrected chi connectivity index (χ2v) is 7.57. The smallest absolute Gasteiger partial charge is 0.155 e. The van der Waals surface area contributed by atoms with Crippen LogP contribution in [0.4, 0.5) is 0 Å². The van der Waals surface area contributed by atoms with Gasteiger partial charge in [0.2, 0.25) is 0 Å². The topological polar surface area (TPSA) is 60.7 Å². The summed E-state index contributed by atoms with van der Waals surface area (Å²) in [5, 5.41) is 4.80. The summed E-state index contributed by atoms with van der Waals surface area (Å²) in [6.45, 7) is 2.00. The third-order valence-electron chi connectivity index (χ3n) is 4.51. The number of rotatable bonds is 8. The molecule has 3 heterocycles. The van der Waals surface area contributed by atoms with Crippen LogP contribution in [0.25, 0.3) is 5.69 Å². The standard InChI is InChI=1S/C20H21ClN4OS/c1-3-16(18(26)10-19(27-2)14-6-4-8-22-11-14)17-13-25(24-20(17)21)15-7-5-9-23-12-15/h4-9,11-13,16,19H,3,10H2,1-2H3. The van der Waals surface area contributed by atoms with Crippen molar-refractivity contribution in [1.29, 1.82) is 0 Å². The van der Waals surface area contributed by atoms with Crippen molar-refractivity contribution in [3.05, 3.63) is 71.5 Å². The first-order chi connectivity index (χ1) is 13.1. The van der Waals surface area contributed by atoms with Crippen LogP contribution < -0.4 is 0 Å². The molecule has 0 bridgehead atoms. The van der Waals surface area contributed by atoms with Crippen molar-refractivity contribution in [1.82, 2.24) is 19.7 Å². The molecule has 0 aromatic carbocycles. The average molecular weight is 401 g/mol. The number of hydrogen-bond donors (Lipinski definition) is 0. The van der Waals surface area contributed by atoms with Crippen LogP contribution in [0.1, 0.15) is 42.1 Å². The van der Waals surface area contributed by atoms with Gasteiger partial charge in [0.15, 0.2) is 5.15 Å². The van der Waals surface area contributed by atoms with Crippen molar-refractivity contribution in [2.24, 2.45) is 0 Å². The molecule has 2 atom stereocenters. The fourth-order valence-corrected chi connectivity index (χ4v) is 4.08. The number of nitrogens with zero attached hydrogens (tertiary/aromatic N) is 4. The van der Waals surface area contributed by atoms with Crippen LogP contribution >= 0.6 is 23.4 Å². The lowest BCUT2D eigenvalue weighted by molar-refractivity contribution is -0.120. The largest absolute Gasteiger partial charge is 0.299 e. The van der Waals surface area contributed by atoms with E-state index in [9.17, 15) is 4.79 Å². The normalized spacial score (nSPS) is 13.3. The molecule has 27 heavy (non-hydrogen) atoms. The zero-order valence-electron chi connectivity index (χ0n) is 15.2. The Hall–Kier alpha value is -2.18. The lowest BCUT2D eigenvalue weighted by Crippen LogP contribution is -2.14. The van der Waals surface area contributed by atoms with Gasteiger partial charge in [-0.25, -0.2) is 4.68 Å². The second-order valence-electron chi connectivity index (χ2n) is 6.17. The molecule has 2 unspecified atom stereocenters. The van der Waals surface area contributed by atoms with Gasteiger partial charge in [0.25, 0.3) is 0 Å². The molecule has 0 spiro atoms. The van der Waals surface area contributed by atoms with Crippen molar-refractivity contribution in [2.45, 2.75) is 30.9 Å². The molecule has 0 aliphatic rings. The number of ketones is 1. The van der Waals surface area contributed by atoms with E-state index in [1.165, 1.54) is 0 Å². The van der Waals surface area contributed by atoms with Crippen LogP contribution in [0.5, 0.6) is 0 Å². The van der Waals surface area contributed by atoms with Crippen LogP contribution in [0.2, 0.25) is 5.15 Å². The number of thioether (sulfide) groups is 1. The van der Waals surface area contributed by atoms with E-state index >= 15 is 0 Å². The fourth-order valence-electron chi connectivity index (χ4n) is 3.07. The van der Waals surface area contributed by atoms with Gasteiger partial charge in [-0.3, -0.25) is 14.8 Å². The summed E-state index contributed by atoms with van der Waals surface area (Å²) in [5.74, 6) is -0.123. The Bertz CT molecular complexity index is 886. The summed E-state index contributed by atoms with van der Waals surface area (Å²) in [5.41, 5.74) is 2.63.